The largest absolute Gasteiger partial charge is 0.384 e. The molecule has 0 unspecified atom stereocenters. The number of hydrogen-bond acceptors (Lipinski definition) is 2. The zero-order valence-corrected chi connectivity index (χ0v) is 12.1. The summed E-state index contributed by atoms with van der Waals surface area (Å²) in [5.74, 6) is 6.27. The van der Waals surface area contributed by atoms with Gasteiger partial charge in [0.15, 0.2) is 0 Å². The van der Waals surface area contributed by atoms with Gasteiger partial charge in [-0.25, -0.2) is 0 Å². The van der Waals surface area contributed by atoms with E-state index in [1.54, 1.807) is 0 Å². The highest BCUT2D eigenvalue weighted by Crippen LogP contribution is 2.20. The number of amides is 1. The highest BCUT2D eigenvalue weighted by molar-refractivity contribution is 5.97. The lowest BCUT2D eigenvalue weighted by Crippen LogP contribution is -2.38. The summed E-state index contributed by atoms with van der Waals surface area (Å²) in [6.45, 7) is 5.65. The number of likely N-dealkylation sites (tertiary alicyclic amines) is 1. The molecule has 1 N–H and O–H groups in total. The Morgan fingerprint density at radius 2 is 2.10 bits per heavy atom. The molecule has 1 saturated heterocycles. The average molecular weight is 271 g/mol. The molecule has 0 bridgehead atoms. The number of carbonyl (C=O) groups is 1. The van der Waals surface area contributed by atoms with Crippen LogP contribution in [0.25, 0.3) is 0 Å². The molecular formula is C17H21NO2. The monoisotopic (exact) mass is 271 g/mol. The van der Waals surface area contributed by atoms with Gasteiger partial charge in [0.25, 0.3) is 5.91 Å². The molecule has 2 rings (SSSR count). The summed E-state index contributed by atoms with van der Waals surface area (Å²) in [5, 5.41) is 8.84. The van der Waals surface area contributed by atoms with Gasteiger partial charge in [-0.05, 0) is 43.4 Å². The van der Waals surface area contributed by atoms with E-state index in [4.69, 9.17) is 5.11 Å². The molecule has 1 aliphatic heterocycles. The van der Waals surface area contributed by atoms with Crippen LogP contribution < -0.4 is 0 Å². The first-order valence-electron chi connectivity index (χ1n) is 7.11. The summed E-state index contributed by atoms with van der Waals surface area (Å²) in [7, 11) is 0. The molecule has 106 valence electrons. The molecular weight excluding hydrogens is 250 g/mol. The maximum atomic E-state index is 12.6. The first-order valence-corrected chi connectivity index (χ1v) is 7.11. The zero-order valence-electron chi connectivity index (χ0n) is 12.1. The Bertz CT molecular complexity index is 546. The molecule has 1 heterocycles. The van der Waals surface area contributed by atoms with Gasteiger partial charge in [0.2, 0.25) is 0 Å². The van der Waals surface area contributed by atoms with Crippen LogP contribution in [0.3, 0.4) is 0 Å². The fourth-order valence-electron chi connectivity index (χ4n) is 2.46. The number of carbonyl (C=O) groups excluding carboxylic acids is 1. The molecule has 0 aromatic heterocycles. The zero-order chi connectivity index (χ0) is 14.5. The fourth-order valence-corrected chi connectivity index (χ4v) is 2.46. The van der Waals surface area contributed by atoms with E-state index in [9.17, 15) is 4.79 Å². The van der Waals surface area contributed by atoms with Gasteiger partial charge in [0, 0.05) is 18.7 Å². The van der Waals surface area contributed by atoms with Crippen molar-refractivity contribution in [3.8, 4) is 11.8 Å². The molecule has 1 aromatic carbocycles. The predicted octanol–water partition coefficient (Wildman–Crippen LogP) is 2.21. The number of nitrogens with zero attached hydrogens (tertiary/aromatic N) is 1. The number of aryl methyl sites for hydroxylation is 1. The van der Waals surface area contributed by atoms with Crippen molar-refractivity contribution in [3.05, 3.63) is 34.9 Å². The van der Waals surface area contributed by atoms with Gasteiger partial charge in [0.1, 0.15) is 6.61 Å². The van der Waals surface area contributed by atoms with Gasteiger partial charge >= 0.3 is 0 Å². The van der Waals surface area contributed by atoms with Crippen molar-refractivity contribution in [2.24, 2.45) is 5.92 Å². The van der Waals surface area contributed by atoms with Gasteiger partial charge in [-0.1, -0.05) is 24.8 Å². The van der Waals surface area contributed by atoms with Crippen molar-refractivity contribution in [3.63, 3.8) is 0 Å². The van der Waals surface area contributed by atoms with Crippen LogP contribution in [-0.4, -0.2) is 35.6 Å². The van der Waals surface area contributed by atoms with Gasteiger partial charge < -0.3 is 10.0 Å². The minimum atomic E-state index is -0.192. The quantitative estimate of drug-likeness (QED) is 0.796. The Kier molecular flexibility index (Phi) is 4.81. The number of rotatable bonds is 1. The van der Waals surface area contributed by atoms with Crippen LogP contribution in [0.4, 0.5) is 0 Å². The van der Waals surface area contributed by atoms with Crippen LogP contribution in [0, 0.1) is 24.7 Å². The molecule has 1 aromatic rings. The molecule has 1 aliphatic rings. The Balaban J connectivity index is 2.25. The Morgan fingerprint density at radius 3 is 2.75 bits per heavy atom. The Labute approximate surface area is 120 Å². The molecule has 3 nitrogen and oxygen atoms in total. The predicted molar refractivity (Wildman–Crippen MR) is 79.4 cm³/mol. The smallest absolute Gasteiger partial charge is 0.255 e. The van der Waals surface area contributed by atoms with E-state index in [0.29, 0.717) is 17.0 Å². The van der Waals surface area contributed by atoms with E-state index in [1.807, 2.05) is 30.0 Å². The van der Waals surface area contributed by atoms with Crippen molar-refractivity contribution in [1.29, 1.82) is 0 Å². The molecule has 1 fully saturated rings. The van der Waals surface area contributed by atoms with Crippen LogP contribution >= 0.6 is 0 Å². The highest BCUT2D eigenvalue weighted by atomic mass is 16.2. The van der Waals surface area contributed by atoms with Crippen molar-refractivity contribution in [1.82, 2.24) is 4.90 Å². The van der Waals surface area contributed by atoms with Crippen LogP contribution in [0.2, 0.25) is 0 Å². The lowest BCUT2D eigenvalue weighted by atomic mass is 9.97. The second-order valence-corrected chi connectivity index (χ2v) is 5.48. The third-order valence-corrected chi connectivity index (χ3v) is 3.78. The first-order chi connectivity index (χ1) is 9.61. The number of benzene rings is 1. The number of aliphatic hydroxyl groups excluding tert-OH is 1. The van der Waals surface area contributed by atoms with Gasteiger partial charge in [0.05, 0.1) is 5.56 Å². The Hall–Kier alpha value is -1.79. The summed E-state index contributed by atoms with van der Waals surface area (Å²) < 4.78 is 0. The second kappa shape index (κ2) is 6.58. The topological polar surface area (TPSA) is 40.5 Å². The average Bonchev–Trinajstić information content (AvgIpc) is 2.45. The van der Waals surface area contributed by atoms with E-state index >= 15 is 0 Å². The second-order valence-electron chi connectivity index (χ2n) is 5.48. The summed E-state index contributed by atoms with van der Waals surface area (Å²) in [6.07, 6.45) is 2.13. The van der Waals surface area contributed by atoms with Crippen LogP contribution in [0.1, 0.15) is 41.3 Å². The molecule has 0 radical (unpaired) electrons. The van der Waals surface area contributed by atoms with E-state index in [0.717, 1.165) is 31.5 Å². The summed E-state index contributed by atoms with van der Waals surface area (Å²) >= 11 is 0. The molecule has 20 heavy (non-hydrogen) atoms. The maximum absolute atomic E-state index is 12.6. The molecule has 0 atom stereocenters. The standard InChI is InChI=1S/C17H21NO2/c1-13-7-9-18(10-8-13)17(20)16-6-5-14(2)12-15(16)4-3-11-19/h5-6,12-13,19H,7-11H2,1-2H3. The summed E-state index contributed by atoms with van der Waals surface area (Å²) in [5.41, 5.74) is 2.42. The molecule has 3 heteroatoms. The van der Waals surface area contributed by atoms with Gasteiger partial charge in [-0.3, -0.25) is 4.79 Å². The van der Waals surface area contributed by atoms with Crippen molar-refractivity contribution in [2.75, 3.05) is 19.7 Å². The SMILES string of the molecule is Cc1ccc(C(=O)N2CCC(C)CC2)c(C#CCO)c1. The van der Waals surface area contributed by atoms with Crippen LogP contribution in [0.15, 0.2) is 18.2 Å². The lowest BCUT2D eigenvalue weighted by molar-refractivity contribution is 0.0697. The number of hydrogen-bond donors (Lipinski definition) is 1. The minimum absolute atomic E-state index is 0.0548. The lowest BCUT2D eigenvalue weighted by Gasteiger charge is -2.30. The summed E-state index contributed by atoms with van der Waals surface area (Å²) in [4.78, 5) is 14.5. The highest BCUT2D eigenvalue weighted by Gasteiger charge is 2.22. The first kappa shape index (κ1) is 14.6. The van der Waals surface area contributed by atoms with E-state index in [-0.39, 0.29) is 12.5 Å². The van der Waals surface area contributed by atoms with E-state index < -0.39 is 0 Å². The van der Waals surface area contributed by atoms with Crippen LogP contribution in [0.5, 0.6) is 0 Å². The normalized spacial score (nSPS) is 15.7. The minimum Gasteiger partial charge on any atom is -0.384 e. The maximum Gasteiger partial charge on any atom is 0.255 e. The third kappa shape index (κ3) is 3.40. The molecule has 0 aliphatic carbocycles. The third-order valence-electron chi connectivity index (χ3n) is 3.78. The molecule has 0 spiro atoms. The van der Waals surface area contributed by atoms with E-state index in [1.165, 1.54) is 0 Å². The van der Waals surface area contributed by atoms with Gasteiger partial charge in [-0.15, -0.1) is 0 Å². The van der Waals surface area contributed by atoms with Crippen molar-refractivity contribution >= 4 is 5.91 Å². The molecule has 1 amide bonds. The summed E-state index contributed by atoms with van der Waals surface area (Å²) in [6, 6.07) is 5.68. The Morgan fingerprint density at radius 1 is 1.40 bits per heavy atom. The van der Waals surface area contributed by atoms with Crippen molar-refractivity contribution < 1.29 is 9.90 Å². The van der Waals surface area contributed by atoms with Crippen molar-refractivity contribution in [2.45, 2.75) is 26.7 Å². The number of piperidine rings is 1. The van der Waals surface area contributed by atoms with Gasteiger partial charge in [-0.2, -0.15) is 0 Å². The van der Waals surface area contributed by atoms with E-state index in [2.05, 4.69) is 18.8 Å². The number of aliphatic hydroxyl groups is 1. The fraction of sp³-hybridized carbons (Fsp3) is 0.471. The molecule has 0 saturated carbocycles. The van der Waals surface area contributed by atoms with Crippen LogP contribution in [-0.2, 0) is 0 Å².